The number of hydrogen-bond donors (Lipinski definition) is 0. The highest BCUT2D eigenvalue weighted by atomic mass is 16.5. The van der Waals surface area contributed by atoms with Crippen molar-refractivity contribution in [3.8, 4) is 11.3 Å². The van der Waals surface area contributed by atoms with Gasteiger partial charge in [0.2, 0.25) is 0 Å². The van der Waals surface area contributed by atoms with E-state index >= 15 is 0 Å². The van der Waals surface area contributed by atoms with Crippen LogP contribution in [0, 0.1) is 19.8 Å². The van der Waals surface area contributed by atoms with Crippen LogP contribution >= 0.6 is 0 Å². The van der Waals surface area contributed by atoms with Crippen molar-refractivity contribution >= 4 is 11.2 Å². The molecule has 1 aliphatic heterocycles. The molecule has 4 aromatic rings. The number of nitrogens with zero attached hydrogens (tertiary/aromatic N) is 6. The first-order valence-corrected chi connectivity index (χ1v) is 10.5. The van der Waals surface area contributed by atoms with E-state index in [0.717, 1.165) is 60.0 Å². The first kappa shape index (κ1) is 18.9. The molecule has 7 nitrogen and oxygen atoms in total. The van der Waals surface area contributed by atoms with Crippen molar-refractivity contribution < 1.29 is 4.74 Å². The lowest BCUT2D eigenvalue weighted by molar-refractivity contribution is 0.0545. The summed E-state index contributed by atoms with van der Waals surface area (Å²) >= 11 is 0. The van der Waals surface area contributed by atoms with Crippen LogP contribution in [0.5, 0.6) is 0 Å². The van der Waals surface area contributed by atoms with Gasteiger partial charge in [-0.1, -0.05) is 35.5 Å². The van der Waals surface area contributed by atoms with Crippen LogP contribution in [0.3, 0.4) is 0 Å². The van der Waals surface area contributed by atoms with Gasteiger partial charge in [-0.2, -0.15) is 0 Å². The van der Waals surface area contributed by atoms with Gasteiger partial charge in [-0.05, 0) is 44.2 Å². The minimum absolute atomic E-state index is 0.197. The van der Waals surface area contributed by atoms with Gasteiger partial charge in [0.25, 0.3) is 0 Å². The maximum Gasteiger partial charge on any atom is 0.177 e. The van der Waals surface area contributed by atoms with Gasteiger partial charge in [0, 0.05) is 32.0 Å². The Balaban J connectivity index is 1.70. The molecule has 1 saturated heterocycles. The van der Waals surface area contributed by atoms with E-state index in [-0.39, 0.29) is 6.04 Å². The molecular formula is C23H26N6O. The zero-order valence-electron chi connectivity index (χ0n) is 17.6. The van der Waals surface area contributed by atoms with Gasteiger partial charge in [-0.15, -0.1) is 5.10 Å². The number of hydrogen-bond acceptors (Lipinski definition) is 5. The van der Waals surface area contributed by atoms with Crippen LogP contribution in [-0.4, -0.2) is 42.7 Å². The molecule has 0 unspecified atom stereocenters. The summed E-state index contributed by atoms with van der Waals surface area (Å²) in [6.45, 7) is 5.67. The van der Waals surface area contributed by atoms with Crippen LogP contribution in [0.2, 0.25) is 0 Å². The second-order valence-corrected chi connectivity index (χ2v) is 8.05. The Morgan fingerprint density at radius 2 is 1.87 bits per heavy atom. The third kappa shape index (κ3) is 3.19. The van der Waals surface area contributed by atoms with Crippen LogP contribution in [0.4, 0.5) is 0 Å². The van der Waals surface area contributed by atoms with Gasteiger partial charge < -0.3 is 9.30 Å². The fraction of sp³-hybridized carbons (Fsp3) is 0.391. The molecule has 154 valence electrons. The Morgan fingerprint density at radius 3 is 2.57 bits per heavy atom. The SMILES string of the molecule is Cc1nnn(C)c1-c1cnc2nc(C)n([C@@H](c3ccccc3)C3CCOCC3)c2c1. The van der Waals surface area contributed by atoms with Gasteiger partial charge >= 0.3 is 0 Å². The summed E-state index contributed by atoms with van der Waals surface area (Å²) in [5, 5.41) is 8.36. The first-order chi connectivity index (χ1) is 14.6. The van der Waals surface area contributed by atoms with Crippen LogP contribution < -0.4 is 0 Å². The molecule has 0 N–H and O–H groups in total. The summed E-state index contributed by atoms with van der Waals surface area (Å²) in [4.78, 5) is 9.50. The van der Waals surface area contributed by atoms with Crippen molar-refractivity contribution in [2.45, 2.75) is 32.7 Å². The topological polar surface area (TPSA) is 70.7 Å². The van der Waals surface area contributed by atoms with Gasteiger partial charge in [0.1, 0.15) is 5.82 Å². The second kappa shape index (κ2) is 7.65. The molecule has 0 saturated carbocycles. The van der Waals surface area contributed by atoms with Crippen molar-refractivity contribution in [1.29, 1.82) is 0 Å². The molecule has 5 rings (SSSR count). The molecule has 0 amide bonds. The average Bonchev–Trinajstić information content (AvgIpc) is 3.28. The molecule has 1 aromatic carbocycles. The van der Waals surface area contributed by atoms with Gasteiger partial charge in [0.15, 0.2) is 5.65 Å². The van der Waals surface area contributed by atoms with Crippen molar-refractivity contribution in [2.24, 2.45) is 13.0 Å². The Labute approximate surface area is 175 Å². The first-order valence-electron chi connectivity index (χ1n) is 10.5. The summed E-state index contributed by atoms with van der Waals surface area (Å²) in [5.41, 5.74) is 6.01. The monoisotopic (exact) mass is 402 g/mol. The average molecular weight is 403 g/mol. The summed E-state index contributed by atoms with van der Waals surface area (Å²) in [7, 11) is 1.91. The molecule has 1 atom stereocenters. The number of aryl methyl sites for hydroxylation is 3. The zero-order valence-corrected chi connectivity index (χ0v) is 17.6. The van der Waals surface area contributed by atoms with E-state index < -0.39 is 0 Å². The smallest absolute Gasteiger partial charge is 0.177 e. The zero-order chi connectivity index (χ0) is 20.7. The second-order valence-electron chi connectivity index (χ2n) is 8.05. The van der Waals surface area contributed by atoms with Crippen LogP contribution in [0.1, 0.15) is 36.0 Å². The Kier molecular flexibility index (Phi) is 4.83. The highest BCUT2D eigenvalue weighted by Crippen LogP contribution is 2.37. The maximum absolute atomic E-state index is 5.66. The molecule has 0 bridgehead atoms. The lowest BCUT2D eigenvalue weighted by Crippen LogP contribution is -2.27. The molecule has 0 aliphatic carbocycles. The third-order valence-corrected chi connectivity index (χ3v) is 6.12. The van der Waals surface area contributed by atoms with Crippen LogP contribution in [0.15, 0.2) is 42.6 Å². The molecule has 1 aliphatic rings. The standard InChI is InChI=1S/C23H26N6O/c1-15-21(28(3)27-26-15)19-13-20-23(24-14-19)25-16(2)29(20)22(17-7-5-4-6-8-17)18-9-11-30-12-10-18/h4-8,13-14,18,22H,9-12H2,1-3H3/t22-/m0/s1. The number of ether oxygens (including phenoxy) is 1. The van der Waals surface area contributed by atoms with E-state index in [1.165, 1.54) is 5.56 Å². The quantitative estimate of drug-likeness (QED) is 0.518. The van der Waals surface area contributed by atoms with Gasteiger partial charge in [-0.25, -0.2) is 14.6 Å². The summed E-state index contributed by atoms with van der Waals surface area (Å²) in [6.07, 6.45) is 3.95. The maximum atomic E-state index is 5.66. The Morgan fingerprint density at radius 1 is 1.10 bits per heavy atom. The van der Waals surface area contributed by atoms with Gasteiger partial charge in [-0.3, -0.25) is 0 Å². The number of aromatic nitrogens is 6. The molecule has 0 spiro atoms. The third-order valence-electron chi connectivity index (χ3n) is 6.12. The van der Waals surface area contributed by atoms with E-state index in [2.05, 4.69) is 58.2 Å². The molecule has 4 heterocycles. The number of benzene rings is 1. The lowest BCUT2D eigenvalue weighted by atomic mass is 9.86. The minimum Gasteiger partial charge on any atom is -0.381 e. The van der Waals surface area contributed by atoms with Crippen molar-refractivity contribution in [2.75, 3.05) is 13.2 Å². The van der Waals surface area contributed by atoms with Crippen molar-refractivity contribution in [3.63, 3.8) is 0 Å². The largest absolute Gasteiger partial charge is 0.381 e. The Bertz CT molecular complexity index is 1150. The fourth-order valence-electron chi connectivity index (χ4n) is 4.74. The highest BCUT2D eigenvalue weighted by molar-refractivity contribution is 5.78. The minimum atomic E-state index is 0.197. The predicted molar refractivity (Wildman–Crippen MR) is 115 cm³/mol. The number of rotatable bonds is 4. The van der Waals surface area contributed by atoms with E-state index in [1.54, 1.807) is 4.68 Å². The van der Waals surface area contributed by atoms with Crippen LogP contribution in [0.25, 0.3) is 22.4 Å². The van der Waals surface area contributed by atoms with Crippen molar-refractivity contribution in [1.82, 2.24) is 29.5 Å². The van der Waals surface area contributed by atoms with E-state index in [4.69, 9.17) is 14.7 Å². The molecule has 1 fully saturated rings. The number of fused-ring (bicyclic) bond motifs is 1. The molecule has 30 heavy (non-hydrogen) atoms. The summed E-state index contributed by atoms with van der Waals surface area (Å²) in [6, 6.07) is 13.1. The fourth-order valence-corrected chi connectivity index (χ4v) is 4.74. The highest BCUT2D eigenvalue weighted by Gasteiger charge is 2.30. The molecular weight excluding hydrogens is 376 g/mol. The van der Waals surface area contributed by atoms with E-state index in [9.17, 15) is 0 Å². The van der Waals surface area contributed by atoms with E-state index in [0.29, 0.717) is 5.92 Å². The van der Waals surface area contributed by atoms with Crippen molar-refractivity contribution in [3.05, 3.63) is 59.7 Å². The number of imidazole rings is 1. The van der Waals surface area contributed by atoms with Crippen LogP contribution in [-0.2, 0) is 11.8 Å². The molecule has 0 radical (unpaired) electrons. The molecule has 7 heteroatoms. The normalized spacial score (nSPS) is 16.2. The Hall–Kier alpha value is -3.06. The summed E-state index contributed by atoms with van der Waals surface area (Å²) < 4.78 is 9.84. The van der Waals surface area contributed by atoms with E-state index in [1.807, 2.05) is 20.2 Å². The lowest BCUT2D eigenvalue weighted by Gasteiger charge is -2.33. The molecule has 3 aromatic heterocycles. The predicted octanol–water partition coefficient (Wildman–Crippen LogP) is 3.86. The summed E-state index contributed by atoms with van der Waals surface area (Å²) in [5.74, 6) is 1.47. The van der Waals surface area contributed by atoms with Gasteiger partial charge in [0.05, 0.1) is 22.9 Å². The number of pyridine rings is 1.